The molecule has 0 bridgehead atoms. The minimum absolute atomic E-state index is 0.0282. The lowest BCUT2D eigenvalue weighted by Crippen LogP contribution is -2.50. The topological polar surface area (TPSA) is 74.3 Å². The number of hydrogen-bond donors (Lipinski definition) is 0. The van der Waals surface area contributed by atoms with Crippen molar-refractivity contribution in [1.29, 1.82) is 0 Å². The molecule has 0 fully saturated rings. The molecule has 1 aliphatic carbocycles. The standard InChI is InChI=1S/C16H36N.C14H8O4S/c1-5-9-13-17(14-10-6-2,15-11-7-3)16-12-8-4;15-13-8-4-1-2-5-9(8)14(16)12-10(13)6-3-7-11(12)19(17)18/h5-16H2,1-4H3;1-7H,(H,17,18)/q+1;/p-1. The van der Waals surface area contributed by atoms with Crippen LogP contribution in [0.2, 0.25) is 0 Å². The van der Waals surface area contributed by atoms with Gasteiger partial charge in [-0.15, -0.1) is 0 Å². The molecule has 1 atom stereocenters. The van der Waals surface area contributed by atoms with E-state index in [1.54, 1.807) is 18.2 Å². The minimum atomic E-state index is -2.55. The van der Waals surface area contributed by atoms with E-state index >= 15 is 0 Å². The first-order valence-corrected chi connectivity index (χ1v) is 14.7. The van der Waals surface area contributed by atoms with Crippen LogP contribution < -0.4 is 0 Å². The molecule has 3 rings (SSSR count). The van der Waals surface area contributed by atoms with E-state index in [0.29, 0.717) is 5.56 Å². The van der Waals surface area contributed by atoms with Gasteiger partial charge in [-0.2, -0.15) is 0 Å². The van der Waals surface area contributed by atoms with Gasteiger partial charge in [-0.25, -0.2) is 0 Å². The first-order chi connectivity index (χ1) is 17.4. The Bertz CT molecular complexity index is 996. The number of quaternary nitrogens is 1. The summed E-state index contributed by atoms with van der Waals surface area (Å²) in [5, 5.41) is 0. The van der Waals surface area contributed by atoms with Gasteiger partial charge in [0.1, 0.15) is 0 Å². The Kier molecular flexibility index (Phi) is 12.7. The molecule has 1 aliphatic rings. The number of rotatable bonds is 13. The summed E-state index contributed by atoms with van der Waals surface area (Å²) in [5.41, 5.74) is 0.677. The molecule has 0 aromatic heterocycles. The number of ketones is 2. The van der Waals surface area contributed by atoms with Gasteiger partial charge in [-0.05, 0) is 42.8 Å². The first-order valence-electron chi connectivity index (χ1n) is 13.6. The van der Waals surface area contributed by atoms with Gasteiger partial charge in [-0.3, -0.25) is 13.8 Å². The predicted molar refractivity (Wildman–Crippen MR) is 146 cm³/mol. The number of carbonyl (C=O) groups is 2. The van der Waals surface area contributed by atoms with Crippen LogP contribution in [0.15, 0.2) is 47.4 Å². The van der Waals surface area contributed by atoms with E-state index < -0.39 is 16.9 Å². The zero-order valence-electron chi connectivity index (χ0n) is 22.5. The summed E-state index contributed by atoms with van der Waals surface area (Å²) < 4.78 is 23.8. The third-order valence-electron chi connectivity index (χ3n) is 7.04. The van der Waals surface area contributed by atoms with Gasteiger partial charge in [0.15, 0.2) is 11.6 Å². The van der Waals surface area contributed by atoms with E-state index in [1.165, 1.54) is 106 Å². The molecule has 0 N–H and O–H groups in total. The second-order valence-corrected chi connectivity index (χ2v) is 10.7. The maximum Gasteiger partial charge on any atom is 0.195 e. The maximum absolute atomic E-state index is 12.4. The van der Waals surface area contributed by atoms with Crippen molar-refractivity contribution in [3.05, 3.63) is 64.7 Å². The Labute approximate surface area is 220 Å². The van der Waals surface area contributed by atoms with E-state index in [-0.39, 0.29) is 27.4 Å². The Morgan fingerprint density at radius 1 is 0.639 bits per heavy atom. The van der Waals surface area contributed by atoms with Crippen LogP contribution in [-0.2, 0) is 11.1 Å². The smallest absolute Gasteiger partial charge is 0.195 e. The Morgan fingerprint density at radius 2 is 1.06 bits per heavy atom. The van der Waals surface area contributed by atoms with E-state index in [0.717, 1.165) is 0 Å². The number of benzene rings is 2. The molecule has 198 valence electrons. The average Bonchev–Trinajstić information content (AvgIpc) is 2.90. The Balaban J connectivity index is 0.000000256. The fourth-order valence-electron chi connectivity index (χ4n) is 4.90. The van der Waals surface area contributed by atoms with Gasteiger partial charge in [0.05, 0.1) is 26.2 Å². The van der Waals surface area contributed by atoms with Crippen LogP contribution >= 0.6 is 0 Å². The third kappa shape index (κ3) is 7.67. The third-order valence-corrected chi connectivity index (χ3v) is 7.74. The minimum Gasteiger partial charge on any atom is -0.768 e. The van der Waals surface area contributed by atoms with Gasteiger partial charge >= 0.3 is 0 Å². The quantitative estimate of drug-likeness (QED) is 0.188. The van der Waals surface area contributed by atoms with Gasteiger partial charge in [0.25, 0.3) is 0 Å². The lowest BCUT2D eigenvalue weighted by atomic mass is 9.84. The van der Waals surface area contributed by atoms with Crippen molar-refractivity contribution in [3.63, 3.8) is 0 Å². The van der Waals surface area contributed by atoms with Crippen LogP contribution in [0.25, 0.3) is 0 Å². The monoisotopic (exact) mass is 513 g/mol. The highest BCUT2D eigenvalue weighted by Gasteiger charge is 2.31. The van der Waals surface area contributed by atoms with Crippen molar-refractivity contribution in [3.8, 4) is 0 Å². The maximum atomic E-state index is 12.4. The second kappa shape index (κ2) is 15.2. The highest BCUT2D eigenvalue weighted by Crippen LogP contribution is 2.30. The van der Waals surface area contributed by atoms with Crippen molar-refractivity contribution in [2.75, 3.05) is 26.2 Å². The van der Waals surface area contributed by atoms with Crippen LogP contribution in [-0.4, -0.2) is 51.0 Å². The molecule has 0 heterocycles. The molecular weight excluding hydrogens is 470 g/mol. The number of carbonyl (C=O) groups excluding carboxylic acids is 2. The molecule has 1 unspecified atom stereocenters. The molecule has 0 spiro atoms. The predicted octanol–water partition coefficient (Wildman–Crippen LogP) is 6.70. The zero-order valence-corrected chi connectivity index (χ0v) is 23.3. The van der Waals surface area contributed by atoms with E-state index in [1.807, 2.05) is 0 Å². The van der Waals surface area contributed by atoms with Crippen molar-refractivity contribution >= 4 is 22.6 Å². The molecule has 0 aliphatic heterocycles. The summed E-state index contributed by atoms with van der Waals surface area (Å²) >= 11 is -2.55. The van der Waals surface area contributed by atoms with Crippen LogP contribution in [0.3, 0.4) is 0 Å². The molecule has 5 nitrogen and oxygen atoms in total. The molecular formula is C30H43NO4S. The van der Waals surface area contributed by atoms with Crippen LogP contribution in [0, 0.1) is 0 Å². The summed E-state index contributed by atoms with van der Waals surface area (Å²) in [7, 11) is 0. The lowest BCUT2D eigenvalue weighted by Gasteiger charge is -2.39. The van der Waals surface area contributed by atoms with Crippen molar-refractivity contribution in [1.82, 2.24) is 0 Å². The summed E-state index contributed by atoms with van der Waals surface area (Å²) in [6.07, 6.45) is 11.1. The van der Waals surface area contributed by atoms with Crippen molar-refractivity contribution < 1.29 is 22.8 Å². The zero-order chi connectivity index (χ0) is 26.6. The number of hydrogen-bond acceptors (Lipinski definition) is 4. The van der Waals surface area contributed by atoms with Crippen molar-refractivity contribution in [2.24, 2.45) is 0 Å². The van der Waals surface area contributed by atoms with Gasteiger partial charge in [0, 0.05) is 27.1 Å². The van der Waals surface area contributed by atoms with Crippen LogP contribution in [0.4, 0.5) is 0 Å². The number of unbranched alkanes of at least 4 members (excludes halogenated alkanes) is 4. The van der Waals surface area contributed by atoms with Crippen LogP contribution in [0.1, 0.15) is 111 Å². The second-order valence-electron chi connectivity index (χ2n) is 9.77. The average molecular weight is 514 g/mol. The highest BCUT2D eigenvalue weighted by molar-refractivity contribution is 7.79. The molecule has 6 heteroatoms. The van der Waals surface area contributed by atoms with Gasteiger partial charge < -0.3 is 9.04 Å². The normalized spacial score (nSPS) is 13.5. The van der Waals surface area contributed by atoms with Crippen LogP contribution in [0.5, 0.6) is 0 Å². The Morgan fingerprint density at radius 3 is 1.47 bits per heavy atom. The number of fused-ring (bicyclic) bond motifs is 2. The molecule has 0 amide bonds. The summed E-state index contributed by atoms with van der Waals surface area (Å²) in [6, 6.07) is 10.7. The molecule has 2 aromatic carbocycles. The molecule has 0 saturated heterocycles. The SMILES string of the molecule is CCCC[N+](CCCC)(CCCC)CCCC.O=C1c2ccccc2C(=O)c2c1cccc2S(=O)[O-]. The fraction of sp³-hybridized carbons (Fsp3) is 0.533. The molecule has 2 aromatic rings. The largest absolute Gasteiger partial charge is 0.768 e. The molecule has 0 saturated carbocycles. The van der Waals surface area contributed by atoms with E-state index in [9.17, 15) is 18.4 Å². The van der Waals surface area contributed by atoms with Crippen molar-refractivity contribution in [2.45, 2.75) is 84.0 Å². The fourth-order valence-corrected chi connectivity index (χ4v) is 5.46. The summed E-state index contributed by atoms with van der Waals surface area (Å²) in [6.45, 7) is 15.0. The van der Waals surface area contributed by atoms with E-state index in [4.69, 9.17) is 0 Å². The van der Waals surface area contributed by atoms with Gasteiger partial charge in [-0.1, -0.05) is 89.8 Å². The molecule has 0 radical (unpaired) electrons. The highest BCUT2D eigenvalue weighted by atomic mass is 32.2. The molecule has 36 heavy (non-hydrogen) atoms. The summed E-state index contributed by atoms with van der Waals surface area (Å²) in [5.74, 6) is -0.748. The summed E-state index contributed by atoms with van der Waals surface area (Å²) in [4.78, 5) is 24.5. The Hall–Kier alpha value is -2.15. The van der Waals surface area contributed by atoms with E-state index in [2.05, 4.69) is 27.7 Å². The first kappa shape index (κ1) is 30.1. The van der Waals surface area contributed by atoms with Gasteiger partial charge in [0.2, 0.25) is 0 Å². The lowest BCUT2D eigenvalue weighted by molar-refractivity contribution is -0.929. The number of nitrogens with zero attached hydrogens (tertiary/aromatic N) is 1.